The first-order valence-corrected chi connectivity index (χ1v) is 6.12. The first-order chi connectivity index (χ1) is 8.40. The van der Waals surface area contributed by atoms with Gasteiger partial charge in [-0.15, -0.1) is 0 Å². The third-order valence-electron chi connectivity index (χ3n) is 2.51. The van der Waals surface area contributed by atoms with Crippen molar-refractivity contribution >= 4 is 23.4 Å². The van der Waals surface area contributed by atoms with Crippen molar-refractivity contribution in [2.75, 3.05) is 0 Å². The molecule has 0 saturated carbocycles. The Morgan fingerprint density at radius 2 is 2.06 bits per heavy atom. The molecule has 1 aromatic carbocycles. The van der Waals surface area contributed by atoms with Crippen LogP contribution in [0.5, 0.6) is 0 Å². The molecule has 0 radical (unpaired) electrons. The number of halogens is 1. The van der Waals surface area contributed by atoms with Gasteiger partial charge >= 0.3 is 0 Å². The summed E-state index contributed by atoms with van der Waals surface area (Å²) >= 11 is 5.86. The minimum Gasteiger partial charge on any atom is -0.368 e. The SMILES string of the molecule is CC(C)C(=O)N[C@@H](Cc1cccc(Cl)c1)C(N)=O. The Morgan fingerprint density at radius 1 is 1.39 bits per heavy atom. The Kier molecular flexibility index (Phi) is 5.16. The zero-order valence-electron chi connectivity index (χ0n) is 10.4. The summed E-state index contributed by atoms with van der Waals surface area (Å²) in [7, 11) is 0. The van der Waals surface area contributed by atoms with Gasteiger partial charge in [0.2, 0.25) is 11.8 Å². The van der Waals surface area contributed by atoms with Crippen molar-refractivity contribution in [2.24, 2.45) is 11.7 Å². The predicted octanol–water partition coefficient (Wildman–Crippen LogP) is 1.51. The minimum atomic E-state index is -0.710. The number of rotatable bonds is 5. The third kappa shape index (κ3) is 4.37. The van der Waals surface area contributed by atoms with E-state index in [0.29, 0.717) is 11.4 Å². The Morgan fingerprint density at radius 3 is 2.56 bits per heavy atom. The van der Waals surface area contributed by atoms with Crippen LogP contribution in [0.2, 0.25) is 5.02 Å². The van der Waals surface area contributed by atoms with Crippen molar-refractivity contribution in [3.63, 3.8) is 0 Å². The fourth-order valence-electron chi connectivity index (χ4n) is 1.46. The number of hydrogen-bond acceptors (Lipinski definition) is 2. The van der Waals surface area contributed by atoms with Gasteiger partial charge in [-0.1, -0.05) is 37.6 Å². The maximum absolute atomic E-state index is 11.6. The molecule has 0 aliphatic carbocycles. The van der Waals surface area contributed by atoms with Crippen LogP contribution < -0.4 is 11.1 Å². The number of primary amides is 1. The Bertz CT molecular complexity index is 446. The normalized spacial score (nSPS) is 12.2. The third-order valence-corrected chi connectivity index (χ3v) is 2.75. The fourth-order valence-corrected chi connectivity index (χ4v) is 1.67. The highest BCUT2D eigenvalue weighted by molar-refractivity contribution is 6.30. The van der Waals surface area contributed by atoms with Crippen LogP contribution in [0.25, 0.3) is 0 Å². The van der Waals surface area contributed by atoms with E-state index in [2.05, 4.69) is 5.32 Å². The predicted molar refractivity (Wildman–Crippen MR) is 71.1 cm³/mol. The molecule has 2 amide bonds. The summed E-state index contributed by atoms with van der Waals surface area (Å²) < 4.78 is 0. The maximum Gasteiger partial charge on any atom is 0.240 e. The summed E-state index contributed by atoms with van der Waals surface area (Å²) in [6, 6.07) is 6.41. The smallest absolute Gasteiger partial charge is 0.240 e. The first kappa shape index (κ1) is 14.5. The first-order valence-electron chi connectivity index (χ1n) is 5.74. The molecular formula is C13H17ClN2O2. The molecule has 0 bridgehead atoms. The van der Waals surface area contributed by atoms with Gasteiger partial charge in [-0.3, -0.25) is 9.59 Å². The largest absolute Gasteiger partial charge is 0.368 e. The molecule has 0 aliphatic heterocycles. The highest BCUT2D eigenvalue weighted by atomic mass is 35.5. The molecule has 1 aromatic rings. The Hall–Kier alpha value is -1.55. The zero-order chi connectivity index (χ0) is 13.7. The van der Waals surface area contributed by atoms with Crippen molar-refractivity contribution in [3.05, 3.63) is 34.9 Å². The summed E-state index contributed by atoms with van der Waals surface area (Å²) in [5.41, 5.74) is 6.14. The van der Waals surface area contributed by atoms with E-state index in [1.54, 1.807) is 32.0 Å². The molecule has 0 unspecified atom stereocenters. The van der Waals surface area contributed by atoms with Crippen LogP contribution in [0.3, 0.4) is 0 Å². The monoisotopic (exact) mass is 268 g/mol. The summed E-state index contributed by atoms with van der Waals surface area (Å²) in [5, 5.41) is 3.22. The second kappa shape index (κ2) is 6.40. The number of amides is 2. The van der Waals surface area contributed by atoms with Crippen LogP contribution >= 0.6 is 11.6 Å². The van der Waals surface area contributed by atoms with E-state index in [9.17, 15) is 9.59 Å². The summed E-state index contributed by atoms with van der Waals surface area (Å²) in [6.07, 6.45) is 0.342. The quantitative estimate of drug-likeness (QED) is 0.850. The second-order valence-corrected chi connectivity index (χ2v) is 4.89. The highest BCUT2D eigenvalue weighted by Crippen LogP contribution is 2.12. The van der Waals surface area contributed by atoms with Gasteiger partial charge in [-0.2, -0.15) is 0 Å². The number of nitrogens with one attached hydrogen (secondary N) is 1. The average molecular weight is 269 g/mol. The molecule has 1 atom stereocenters. The van der Waals surface area contributed by atoms with E-state index >= 15 is 0 Å². The Balaban J connectivity index is 2.75. The van der Waals surface area contributed by atoms with Crippen molar-refractivity contribution in [3.8, 4) is 0 Å². The van der Waals surface area contributed by atoms with E-state index in [1.165, 1.54) is 0 Å². The molecule has 1 rings (SSSR count). The molecule has 0 aliphatic rings. The van der Waals surface area contributed by atoms with Crippen LogP contribution in [0.1, 0.15) is 19.4 Å². The minimum absolute atomic E-state index is 0.189. The lowest BCUT2D eigenvalue weighted by atomic mass is 10.0. The summed E-state index contributed by atoms with van der Waals surface area (Å²) in [6.45, 7) is 3.51. The van der Waals surface area contributed by atoms with Crippen molar-refractivity contribution in [2.45, 2.75) is 26.3 Å². The van der Waals surface area contributed by atoms with Crippen LogP contribution in [0.15, 0.2) is 24.3 Å². The van der Waals surface area contributed by atoms with Gasteiger partial charge < -0.3 is 11.1 Å². The maximum atomic E-state index is 11.6. The van der Waals surface area contributed by atoms with Gasteiger partial charge in [0.1, 0.15) is 6.04 Å². The van der Waals surface area contributed by atoms with Crippen molar-refractivity contribution < 1.29 is 9.59 Å². The van der Waals surface area contributed by atoms with Gasteiger partial charge in [0.25, 0.3) is 0 Å². The molecule has 0 spiro atoms. The molecule has 0 aromatic heterocycles. The number of hydrogen-bond donors (Lipinski definition) is 2. The van der Waals surface area contributed by atoms with Crippen LogP contribution in [0, 0.1) is 5.92 Å². The average Bonchev–Trinajstić information content (AvgIpc) is 2.27. The Labute approximate surface area is 112 Å². The van der Waals surface area contributed by atoms with Crippen LogP contribution in [-0.2, 0) is 16.0 Å². The van der Waals surface area contributed by atoms with Crippen molar-refractivity contribution in [1.82, 2.24) is 5.32 Å². The molecule has 98 valence electrons. The van der Waals surface area contributed by atoms with E-state index in [4.69, 9.17) is 17.3 Å². The van der Waals surface area contributed by atoms with E-state index in [1.807, 2.05) is 6.07 Å². The second-order valence-electron chi connectivity index (χ2n) is 4.45. The molecule has 0 heterocycles. The van der Waals surface area contributed by atoms with E-state index in [0.717, 1.165) is 5.56 Å². The molecular weight excluding hydrogens is 252 g/mol. The zero-order valence-corrected chi connectivity index (χ0v) is 11.2. The lowest BCUT2D eigenvalue weighted by molar-refractivity contribution is -0.129. The van der Waals surface area contributed by atoms with Crippen molar-refractivity contribution in [1.29, 1.82) is 0 Å². The molecule has 0 saturated heterocycles. The number of benzene rings is 1. The van der Waals surface area contributed by atoms with E-state index in [-0.39, 0.29) is 11.8 Å². The van der Waals surface area contributed by atoms with Gasteiger partial charge in [0.15, 0.2) is 0 Å². The molecule has 4 nitrogen and oxygen atoms in total. The summed E-state index contributed by atoms with van der Waals surface area (Å²) in [5.74, 6) is -0.934. The van der Waals surface area contributed by atoms with Gasteiger partial charge in [0, 0.05) is 17.4 Å². The standard InChI is InChI=1S/C13H17ClN2O2/c1-8(2)13(18)16-11(12(15)17)7-9-4-3-5-10(14)6-9/h3-6,8,11H,7H2,1-2H3,(H2,15,17)(H,16,18)/t11-/m0/s1. The van der Waals surface area contributed by atoms with Gasteiger partial charge in [0.05, 0.1) is 0 Å². The number of nitrogens with two attached hydrogens (primary N) is 1. The highest BCUT2D eigenvalue weighted by Gasteiger charge is 2.20. The summed E-state index contributed by atoms with van der Waals surface area (Å²) in [4.78, 5) is 22.9. The van der Waals surface area contributed by atoms with Gasteiger partial charge in [-0.05, 0) is 17.7 Å². The number of carbonyl (C=O) groups excluding carboxylic acids is 2. The topological polar surface area (TPSA) is 72.2 Å². The van der Waals surface area contributed by atoms with Crippen LogP contribution in [-0.4, -0.2) is 17.9 Å². The molecule has 18 heavy (non-hydrogen) atoms. The lowest BCUT2D eigenvalue weighted by Crippen LogP contribution is -2.47. The molecule has 0 fully saturated rings. The molecule has 3 N–H and O–H groups in total. The lowest BCUT2D eigenvalue weighted by Gasteiger charge is -2.17. The van der Waals surface area contributed by atoms with Gasteiger partial charge in [-0.25, -0.2) is 0 Å². The van der Waals surface area contributed by atoms with Crippen LogP contribution in [0.4, 0.5) is 0 Å². The fraction of sp³-hybridized carbons (Fsp3) is 0.385. The number of carbonyl (C=O) groups is 2. The van der Waals surface area contributed by atoms with E-state index < -0.39 is 11.9 Å². The molecule has 5 heteroatoms.